The predicted octanol–water partition coefficient (Wildman–Crippen LogP) is 2.46. The molecule has 3 aromatic rings. The number of primary amides is 1. The largest absolute Gasteiger partial charge is 0.461 e. The average molecular weight is 341 g/mol. The molecular weight excluding hydrogens is 326 g/mol. The zero-order chi connectivity index (χ0) is 17.6. The van der Waals surface area contributed by atoms with Crippen LogP contribution in [0.25, 0.3) is 11.5 Å². The van der Waals surface area contributed by atoms with Gasteiger partial charge in [-0.05, 0) is 29.8 Å². The Bertz CT molecular complexity index is 853. The van der Waals surface area contributed by atoms with E-state index in [1.165, 1.54) is 6.26 Å². The van der Waals surface area contributed by atoms with Crippen LogP contribution in [0.4, 0.5) is 4.79 Å². The van der Waals surface area contributed by atoms with Crippen molar-refractivity contribution in [2.75, 3.05) is 0 Å². The Kier molecular flexibility index (Phi) is 4.79. The van der Waals surface area contributed by atoms with Crippen molar-refractivity contribution in [3.63, 3.8) is 0 Å². The maximum atomic E-state index is 12.0. The number of esters is 1. The Labute approximate surface area is 142 Å². The molecule has 128 valence electrons. The van der Waals surface area contributed by atoms with E-state index >= 15 is 0 Å². The zero-order valence-corrected chi connectivity index (χ0v) is 13.1. The molecule has 0 fully saturated rings. The molecule has 2 aromatic heterocycles. The van der Waals surface area contributed by atoms with Crippen LogP contribution in [-0.4, -0.2) is 17.2 Å². The molecule has 0 saturated heterocycles. The number of nitrogens with zero attached hydrogens (tertiary/aromatic N) is 1. The molecular formula is C17H15N3O5. The monoisotopic (exact) mass is 341 g/mol. The van der Waals surface area contributed by atoms with Gasteiger partial charge in [0.1, 0.15) is 12.3 Å². The van der Waals surface area contributed by atoms with Gasteiger partial charge in [-0.15, -0.1) is 0 Å². The first-order chi connectivity index (χ1) is 12.1. The number of aromatic nitrogens is 1. The smallest absolute Gasteiger partial charge is 0.338 e. The first kappa shape index (κ1) is 16.3. The number of carbonyl (C=O) groups is 2. The quantitative estimate of drug-likeness (QED) is 0.664. The van der Waals surface area contributed by atoms with Gasteiger partial charge in [0.15, 0.2) is 5.76 Å². The summed E-state index contributed by atoms with van der Waals surface area (Å²) in [6.45, 7) is 0.271. The van der Waals surface area contributed by atoms with Crippen LogP contribution < -0.4 is 11.1 Å². The molecule has 2 amide bonds. The van der Waals surface area contributed by atoms with Gasteiger partial charge in [-0.3, -0.25) is 0 Å². The lowest BCUT2D eigenvalue weighted by atomic mass is 10.1. The molecule has 0 aliphatic heterocycles. The fourth-order valence-electron chi connectivity index (χ4n) is 2.09. The highest BCUT2D eigenvalue weighted by Gasteiger charge is 2.12. The lowest BCUT2D eigenvalue weighted by molar-refractivity contribution is 0.0464. The van der Waals surface area contributed by atoms with Crippen LogP contribution >= 0.6 is 0 Å². The van der Waals surface area contributed by atoms with Gasteiger partial charge < -0.3 is 24.7 Å². The summed E-state index contributed by atoms with van der Waals surface area (Å²) in [7, 11) is 0. The Morgan fingerprint density at radius 2 is 1.96 bits per heavy atom. The molecule has 0 saturated carbocycles. The van der Waals surface area contributed by atoms with E-state index in [0.717, 1.165) is 5.56 Å². The summed E-state index contributed by atoms with van der Waals surface area (Å²) < 4.78 is 15.5. The van der Waals surface area contributed by atoms with E-state index in [1.54, 1.807) is 42.5 Å². The van der Waals surface area contributed by atoms with Crippen LogP contribution in [0.5, 0.6) is 0 Å². The summed E-state index contributed by atoms with van der Waals surface area (Å²) in [6, 6.07) is 11.1. The minimum absolute atomic E-state index is 0.0198. The Balaban J connectivity index is 1.54. The lowest BCUT2D eigenvalue weighted by Crippen LogP contribution is -2.28. The maximum absolute atomic E-state index is 12.0. The van der Waals surface area contributed by atoms with Crippen LogP contribution in [0.3, 0.4) is 0 Å². The van der Waals surface area contributed by atoms with Gasteiger partial charge in [-0.2, -0.15) is 0 Å². The third kappa shape index (κ3) is 4.25. The van der Waals surface area contributed by atoms with Gasteiger partial charge in [-0.1, -0.05) is 17.3 Å². The van der Waals surface area contributed by atoms with Crippen molar-refractivity contribution in [1.82, 2.24) is 10.5 Å². The number of hydrogen-bond acceptors (Lipinski definition) is 6. The molecule has 3 N–H and O–H groups in total. The van der Waals surface area contributed by atoms with Gasteiger partial charge in [0.2, 0.25) is 5.76 Å². The molecule has 0 unspecified atom stereocenters. The van der Waals surface area contributed by atoms with Crippen molar-refractivity contribution >= 4 is 12.0 Å². The molecule has 0 atom stereocenters. The van der Waals surface area contributed by atoms with Gasteiger partial charge in [0.05, 0.1) is 11.8 Å². The number of carbonyl (C=O) groups excluding carboxylic acids is 2. The van der Waals surface area contributed by atoms with Gasteiger partial charge in [0, 0.05) is 12.6 Å². The second-order valence-electron chi connectivity index (χ2n) is 5.15. The van der Waals surface area contributed by atoms with Crippen molar-refractivity contribution in [1.29, 1.82) is 0 Å². The zero-order valence-electron chi connectivity index (χ0n) is 13.1. The second-order valence-corrected chi connectivity index (χ2v) is 5.15. The van der Waals surface area contributed by atoms with Gasteiger partial charge in [-0.25, -0.2) is 9.59 Å². The second kappa shape index (κ2) is 7.35. The van der Waals surface area contributed by atoms with Crippen molar-refractivity contribution < 1.29 is 23.3 Å². The standard InChI is InChI=1S/C17H15N3O5/c18-17(22)19-9-11-3-5-12(6-4-11)16(21)24-10-13-8-15(25-20-13)14-2-1-7-23-14/h1-8H,9-10H2,(H3,18,19,22). The highest BCUT2D eigenvalue weighted by Crippen LogP contribution is 2.21. The third-order valence-corrected chi connectivity index (χ3v) is 3.33. The number of hydrogen-bond donors (Lipinski definition) is 2. The first-order valence-corrected chi connectivity index (χ1v) is 7.40. The molecule has 0 spiro atoms. The fourth-order valence-corrected chi connectivity index (χ4v) is 2.09. The summed E-state index contributed by atoms with van der Waals surface area (Å²) in [6.07, 6.45) is 1.53. The SMILES string of the molecule is NC(=O)NCc1ccc(C(=O)OCc2cc(-c3ccco3)on2)cc1. The predicted molar refractivity (Wildman–Crippen MR) is 86.2 cm³/mol. The number of ether oxygens (including phenoxy) is 1. The van der Waals surface area contributed by atoms with Crippen molar-refractivity contribution in [3.8, 4) is 11.5 Å². The summed E-state index contributed by atoms with van der Waals surface area (Å²) in [5.74, 6) is 0.518. The van der Waals surface area contributed by atoms with Crippen LogP contribution in [0, 0.1) is 0 Å². The van der Waals surface area contributed by atoms with Crippen LogP contribution in [0.15, 0.2) is 57.7 Å². The van der Waals surface area contributed by atoms with Gasteiger partial charge >= 0.3 is 12.0 Å². The Morgan fingerprint density at radius 1 is 1.16 bits per heavy atom. The number of urea groups is 1. The van der Waals surface area contributed by atoms with E-state index in [4.69, 9.17) is 19.4 Å². The van der Waals surface area contributed by atoms with E-state index < -0.39 is 12.0 Å². The molecule has 0 aliphatic carbocycles. The summed E-state index contributed by atoms with van der Waals surface area (Å²) in [5.41, 5.74) is 6.68. The van der Waals surface area contributed by atoms with E-state index in [9.17, 15) is 9.59 Å². The van der Waals surface area contributed by atoms with Gasteiger partial charge in [0.25, 0.3) is 0 Å². The van der Waals surface area contributed by atoms with Crippen molar-refractivity contribution in [3.05, 3.63) is 65.5 Å². The normalized spacial score (nSPS) is 10.4. The highest BCUT2D eigenvalue weighted by molar-refractivity contribution is 5.89. The van der Waals surface area contributed by atoms with E-state index in [0.29, 0.717) is 29.3 Å². The number of benzene rings is 1. The number of amides is 2. The van der Waals surface area contributed by atoms with E-state index in [-0.39, 0.29) is 6.61 Å². The molecule has 8 heteroatoms. The van der Waals surface area contributed by atoms with Crippen LogP contribution in [0.1, 0.15) is 21.6 Å². The van der Waals surface area contributed by atoms with Crippen LogP contribution in [0.2, 0.25) is 0 Å². The molecule has 0 bridgehead atoms. The van der Waals surface area contributed by atoms with Crippen molar-refractivity contribution in [2.24, 2.45) is 5.73 Å². The lowest BCUT2D eigenvalue weighted by Gasteiger charge is -2.05. The number of rotatable bonds is 6. The molecule has 8 nitrogen and oxygen atoms in total. The molecule has 2 heterocycles. The highest BCUT2D eigenvalue weighted by atomic mass is 16.5. The molecule has 25 heavy (non-hydrogen) atoms. The van der Waals surface area contributed by atoms with Crippen molar-refractivity contribution in [2.45, 2.75) is 13.2 Å². The molecule has 0 aliphatic rings. The minimum Gasteiger partial charge on any atom is -0.461 e. The first-order valence-electron chi connectivity index (χ1n) is 7.40. The number of nitrogens with one attached hydrogen (secondary N) is 1. The summed E-state index contributed by atoms with van der Waals surface area (Å²) in [5, 5.41) is 6.30. The number of furan rings is 1. The molecule has 3 rings (SSSR count). The maximum Gasteiger partial charge on any atom is 0.338 e. The molecule has 0 radical (unpaired) electrons. The van der Waals surface area contributed by atoms with Crippen LogP contribution in [-0.2, 0) is 17.9 Å². The minimum atomic E-state index is -0.606. The van der Waals surface area contributed by atoms with E-state index in [2.05, 4.69) is 10.5 Å². The third-order valence-electron chi connectivity index (χ3n) is 3.33. The Hall–Kier alpha value is -3.55. The molecule has 1 aromatic carbocycles. The summed E-state index contributed by atoms with van der Waals surface area (Å²) >= 11 is 0. The topological polar surface area (TPSA) is 121 Å². The average Bonchev–Trinajstić information content (AvgIpc) is 3.29. The fraction of sp³-hybridized carbons (Fsp3) is 0.118. The van der Waals surface area contributed by atoms with E-state index in [1.807, 2.05) is 0 Å². The number of nitrogens with two attached hydrogens (primary N) is 1. The summed E-state index contributed by atoms with van der Waals surface area (Å²) in [4.78, 5) is 22.7. The Morgan fingerprint density at radius 3 is 2.64 bits per heavy atom.